The fraction of sp³-hybridized carbons (Fsp3) is 0.469. The van der Waals surface area contributed by atoms with Gasteiger partial charge in [-0.15, -0.1) is 0 Å². The van der Waals surface area contributed by atoms with E-state index in [1.807, 2.05) is 18.3 Å². The summed E-state index contributed by atoms with van der Waals surface area (Å²) in [6, 6.07) is 21.6. The molecule has 6 rings (SSSR count). The Morgan fingerprint density at radius 3 is 2.58 bits per heavy atom. The summed E-state index contributed by atoms with van der Waals surface area (Å²) in [7, 11) is 0. The van der Waals surface area contributed by atoms with E-state index < -0.39 is 5.60 Å². The standard InChI is InChI=1S/C32H37NO3/c34-31(23-36-28-9-4-10-28)15-16-32(19-24-6-2-1-3-7-24)27(20-31)12-11-26-18-29(13-14-30(26)32)35-22-25-8-5-17-33-21-25/h1-3,5-8,13-14,17-18,21,27-28,34H,4,9-12,15-16,19-20,22-23H2/t27-,31-,32+/m1/s1. The highest BCUT2D eigenvalue weighted by molar-refractivity contribution is 5.45. The summed E-state index contributed by atoms with van der Waals surface area (Å²) >= 11 is 0. The maximum absolute atomic E-state index is 11.6. The Bertz CT molecular complexity index is 1160. The topological polar surface area (TPSA) is 51.6 Å². The number of rotatable bonds is 8. The molecule has 36 heavy (non-hydrogen) atoms. The van der Waals surface area contributed by atoms with Crippen LogP contribution in [0.4, 0.5) is 0 Å². The van der Waals surface area contributed by atoms with Crippen molar-refractivity contribution in [1.82, 2.24) is 4.98 Å². The first-order valence-corrected chi connectivity index (χ1v) is 13.7. The number of nitrogens with zero attached hydrogens (tertiary/aromatic N) is 1. The number of aliphatic hydroxyl groups is 1. The first kappa shape index (κ1) is 23.7. The number of hydrogen-bond acceptors (Lipinski definition) is 4. The van der Waals surface area contributed by atoms with E-state index in [9.17, 15) is 5.11 Å². The smallest absolute Gasteiger partial charge is 0.120 e. The molecule has 0 bridgehead atoms. The minimum Gasteiger partial charge on any atom is -0.489 e. The van der Waals surface area contributed by atoms with Gasteiger partial charge in [0.2, 0.25) is 0 Å². The molecular formula is C32H37NO3. The molecule has 1 heterocycles. The van der Waals surface area contributed by atoms with Crippen molar-refractivity contribution in [3.05, 3.63) is 95.3 Å². The Labute approximate surface area is 214 Å². The van der Waals surface area contributed by atoms with Crippen LogP contribution < -0.4 is 4.74 Å². The van der Waals surface area contributed by atoms with Crippen molar-refractivity contribution in [3.8, 4) is 5.75 Å². The van der Waals surface area contributed by atoms with Crippen LogP contribution in [0.3, 0.4) is 0 Å². The van der Waals surface area contributed by atoms with Crippen LogP contribution in [0.15, 0.2) is 73.1 Å². The second kappa shape index (κ2) is 9.99. The normalized spacial score (nSPS) is 27.5. The van der Waals surface area contributed by atoms with Crippen LogP contribution in [0.5, 0.6) is 5.75 Å². The molecule has 0 spiro atoms. The fourth-order valence-electron chi connectivity index (χ4n) is 6.71. The highest BCUT2D eigenvalue weighted by Gasteiger charge is 2.51. The lowest BCUT2D eigenvalue weighted by Gasteiger charge is -2.53. The molecule has 188 valence electrons. The molecule has 0 aliphatic heterocycles. The first-order valence-electron chi connectivity index (χ1n) is 13.7. The lowest BCUT2D eigenvalue weighted by molar-refractivity contribution is -0.128. The quantitative estimate of drug-likeness (QED) is 0.415. The zero-order chi connectivity index (χ0) is 24.4. The summed E-state index contributed by atoms with van der Waals surface area (Å²) < 4.78 is 12.3. The van der Waals surface area contributed by atoms with Gasteiger partial charge in [-0.2, -0.15) is 0 Å². The predicted molar refractivity (Wildman–Crippen MR) is 141 cm³/mol. The third-order valence-electron chi connectivity index (χ3n) is 8.95. The molecule has 2 fully saturated rings. The molecule has 1 aromatic heterocycles. The van der Waals surface area contributed by atoms with E-state index in [4.69, 9.17) is 9.47 Å². The zero-order valence-electron chi connectivity index (χ0n) is 21.1. The molecule has 0 amide bonds. The molecule has 1 N–H and O–H groups in total. The van der Waals surface area contributed by atoms with E-state index in [1.54, 1.807) is 6.20 Å². The van der Waals surface area contributed by atoms with Crippen LogP contribution in [-0.2, 0) is 29.6 Å². The molecular weight excluding hydrogens is 446 g/mol. The van der Waals surface area contributed by atoms with Crippen molar-refractivity contribution >= 4 is 0 Å². The minimum atomic E-state index is -0.704. The van der Waals surface area contributed by atoms with Crippen molar-refractivity contribution in [1.29, 1.82) is 0 Å². The van der Waals surface area contributed by atoms with Crippen molar-refractivity contribution in [2.45, 2.75) is 81.5 Å². The average Bonchev–Trinajstić information content (AvgIpc) is 2.88. The van der Waals surface area contributed by atoms with Crippen LogP contribution in [0.1, 0.15) is 67.2 Å². The van der Waals surface area contributed by atoms with E-state index in [0.29, 0.717) is 25.2 Å². The SMILES string of the molecule is O[C@]1(COC2CCC2)CC[C@@]2(Cc3ccccc3)c3ccc(OCc4cccnc4)cc3CC[C@@H]2C1. The fourth-order valence-corrected chi connectivity index (χ4v) is 6.71. The van der Waals surface area contributed by atoms with Gasteiger partial charge < -0.3 is 14.6 Å². The van der Waals surface area contributed by atoms with Gasteiger partial charge in [0.25, 0.3) is 0 Å². The summed E-state index contributed by atoms with van der Waals surface area (Å²) in [5.41, 5.74) is 4.65. The summed E-state index contributed by atoms with van der Waals surface area (Å²) in [6.07, 6.45) is 13.3. The van der Waals surface area contributed by atoms with Gasteiger partial charge in [0, 0.05) is 23.4 Å². The Morgan fingerprint density at radius 1 is 0.944 bits per heavy atom. The van der Waals surface area contributed by atoms with Crippen LogP contribution in [0.25, 0.3) is 0 Å². The largest absolute Gasteiger partial charge is 0.489 e. The second-order valence-corrected chi connectivity index (χ2v) is 11.3. The van der Waals surface area contributed by atoms with E-state index in [2.05, 4.69) is 53.5 Å². The Balaban J connectivity index is 1.26. The van der Waals surface area contributed by atoms with Gasteiger partial charge in [-0.05, 0) is 98.6 Å². The number of aromatic nitrogens is 1. The lowest BCUT2D eigenvalue weighted by atomic mass is 9.52. The summed E-state index contributed by atoms with van der Waals surface area (Å²) in [4.78, 5) is 4.19. The third-order valence-corrected chi connectivity index (χ3v) is 8.95. The zero-order valence-corrected chi connectivity index (χ0v) is 21.1. The van der Waals surface area contributed by atoms with E-state index >= 15 is 0 Å². The third kappa shape index (κ3) is 4.81. The molecule has 4 heteroatoms. The Morgan fingerprint density at radius 2 is 1.81 bits per heavy atom. The molecule has 0 saturated heterocycles. The van der Waals surface area contributed by atoms with Crippen molar-refractivity contribution in [2.24, 2.45) is 5.92 Å². The summed E-state index contributed by atoms with van der Waals surface area (Å²) in [5, 5.41) is 11.6. The van der Waals surface area contributed by atoms with Crippen LogP contribution in [-0.4, -0.2) is 28.4 Å². The van der Waals surface area contributed by atoms with Crippen molar-refractivity contribution in [3.63, 3.8) is 0 Å². The Kier molecular flexibility index (Phi) is 6.57. The molecule has 3 aliphatic carbocycles. The first-order chi connectivity index (χ1) is 17.6. The van der Waals surface area contributed by atoms with Crippen LogP contribution >= 0.6 is 0 Å². The summed E-state index contributed by atoms with van der Waals surface area (Å²) in [6.45, 7) is 1.02. The summed E-state index contributed by atoms with van der Waals surface area (Å²) in [5.74, 6) is 1.36. The molecule has 3 aliphatic rings. The number of aryl methyl sites for hydroxylation is 1. The van der Waals surface area contributed by atoms with Gasteiger partial charge in [-0.1, -0.05) is 42.5 Å². The van der Waals surface area contributed by atoms with Gasteiger partial charge in [0.1, 0.15) is 12.4 Å². The van der Waals surface area contributed by atoms with Crippen LogP contribution in [0, 0.1) is 5.92 Å². The van der Waals surface area contributed by atoms with E-state index in [-0.39, 0.29) is 5.41 Å². The highest BCUT2D eigenvalue weighted by Crippen LogP contribution is 2.54. The average molecular weight is 484 g/mol. The van der Waals surface area contributed by atoms with E-state index in [1.165, 1.54) is 23.1 Å². The second-order valence-electron chi connectivity index (χ2n) is 11.3. The number of pyridine rings is 1. The molecule has 2 aromatic carbocycles. The van der Waals surface area contributed by atoms with Gasteiger partial charge in [0.05, 0.1) is 18.3 Å². The van der Waals surface area contributed by atoms with Gasteiger partial charge in [-0.25, -0.2) is 0 Å². The molecule has 4 nitrogen and oxygen atoms in total. The van der Waals surface area contributed by atoms with Gasteiger partial charge in [-0.3, -0.25) is 4.98 Å². The Hall–Kier alpha value is -2.69. The number of ether oxygens (including phenoxy) is 2. The molecule has 0 unspecified atom stereocenters. The maximum atomic E-state index is 11.6. The lowest BCUT2D eigenvalue weighted by Crippen LogP contribution is -2.53. The maximum Gasteiger partial charge on any atom is 0.120 e. The number of fused-ring (bicyclic) bond motifs is 3. The molecule has 2 saturated carbocycles. The molecule has 3 atom stereocenters. The number of hydrogen-bond donors (Lipinski definition) is 1. The van der Waals surface area contributed by atoms with Gasteiger partial charge in [0.15, 0.2) is 0 Å². The molecule has 0 radical (unpaired) electrons. The van der Waals surface area contributed by atoms with Crippen molar-refractivity contribution < 1.29 is 14.6 Å². The molecule has 3 aromatic rings. The highest BCUT2D eigenvalue weighted by atomic mass is 16.5. The number of benzene rings is 2. The monoisotopic (exact) mass is 483 g/mol. The van der Waals surface area contributed by atoms with Crippen molar-refractivity contribution in [2.75, 3.05) is 6.61 Å². The van der Waals surface area contributed by atoms with Crippen LogP contribution in [0.2, 0.25) is 0 Å². The predicted octanol–water partition coefficient (Wildman–Crippen LogP) is 6.19. The van der Waals surface area contributed by atoms with Gasteiger partial charge >= 0.3 is 0 Å². The van der Waals surface area contributed by atoms with E-state index in [0.717, 1.165) is 62.7 Å². The minimum absolute atomic E-state index is 0.0412.